The van der Waals surface area contributed by atoms with Gasteiger partial charge < -0.3 is 15.0 Å². The van der Waals surface area contributed by atoms with Crippen molar-refractivity contribution in [3.8, 4) is 0 Å². The van der Waals surface area contributed by atoms with Crippen molar-refractivity contribution in [3.63, 3.8) is 0 Å². The lowest BCUT2D eigenvalue weighted by molar-refractivity contribution is -0.138. The van der Waals surface area contributed by atoms with Crippen molar-refractivity contribution in [2.45, 2.75) is 18.6 Å². The molecule has 0 aliphatic carbocycles. The Hall–Kier alpha value is -1.18. The lowest BCUT2D eigenvalue weighted by Gasteiger charge is -2.30. The lowest BCUT2D eigenvalue weighted by Crippen LogP contribution is -2.52. The van der Waals surface area contributed by atoms with E-state index in [1.165, 1.54) is 0 Å². The standard InChI is InChI=1S/C14H26N4O3/c1-16(7-11-6-12(21-3)8-17(11)2)10-14(20)18-5-4-15-13(19)9-18/h11-12H,4-10H2,1-3H3,(H,15,19)/t11-,12-/m0/s1. The van der Waals surface area contributed by atoms with Crippen molar-refractivity contribution < 1.29 is 14.3 Å². The van der Waals surface area contributed by atoms with E-state index in [0.717, 1.165) is 19.5 Å². The van der Waals surface area contributed by atoms with Crippen LogP contribution in [0, 0.1) is 0 Å². The lowest BCUT2D eigenvalue weighted by atomic mass is 10.2. The molecule has 0 aromatic rings. The molecule has 2 fully saturated rings. The number of carbonyl (C=O) groups is 2. The maximum absolute atomic E-state index is 12.2. The van der Waals surface area contributed by atoms with Gasteiger partial charge >= 0.3 is 0 Å². The smallest absolute Gasteiger partial charge is 0.239 e. The molecule has 0 radical (unpaired) electrons. The Balaban J connectivity index is 1.77. The second kappa shape index (κ2) is 7.20. The highest BCUT2D eigenvalue weighted by molar-refractivity contribution is 5.86. The molecule has 0 aromatic carbocycles. The van der Waals surface area contributed by atoms with Crippen molar-refractivity contribution in [2.75, 3.05) is 60.5 Å². The fraction of sp³-hybridized carbons (Fsp3) is 0.857. The van der Waals surface area contributed by atoms with E-state index < -0.39 is 0 Å². The molecule has 7 nitrogen and oxygen atoms in total. The number of methoxy groups -OCH3 is 1. The summed E-state index contributed by atoms with van der Waals surface area (Å²) >= 11 is 0. The van der Waals surface area contributed by atoms with Crippen LogP contribution in [0.2, 0.25) is 0 Å². The third-order valence-corrected chi connectivity index (χ3v) is 4.30. The molecule has 7 heteroatoms. The number of piperazine rings is 1. The summed E-state index contributed by atoms with van der Waals surface area (Å²) in [6.07, 6.45) is 1.28. The van der Waals surface area contributed by atoms with E-state index in [1.807, 2.05) is 11.9 Å². The maximum Gasteiger partial charge on any atom is 0.239 e. The van der Waals surface area contributed by atoms with Crippen LogP contribution in [0.15, 0.2) is 0 Å². The first-order chi connectivity index (χ1) is 9.99. The van der Waals surface area contributed by atoms with E-state index in [2.05, 4.69) is 17.3 Å². The van der Waals surface area contributed by atoms with Gasteiger partial charge in [-0.3, -0.25) is 19.4 Å². The highest BCUT2D eigenvalue weighted by Crippen LogP contribution is 2.18. The molecule has 0 aromatic heterocycles. The number of hydrogen-bond donors (Lipinski definition) is 1. The van der Waals surface area contributed by atoms with E-state index in [1.54, 1.807) is 12.0 Å². The number of likely N-dealkylation sites (N-methyl/N-ethyl adjacent to an activating group) is 2. The van der Waals surface area contributed by atoms with Gasteiger partial charge in [-0.25, -0.2) is 0 Å². The number of hydrogen-bond acceptors (Lipinski definition) is 5. The molecule has 0 bridgehead atoms. The first-order valence-corrected chi connectivity index (χ1v) is 7.45. The Morgan fingerprint density at radius 1 is 1.52 bits per heavy atom. The van der Waals surface area contributed by atoms with Gasteiger partial charge in [0.1, 0.15) is 0 Å². The van der Waals surface area contributed by atoms with E-state index in [-0.39, 0.29) is 24.5 Å². The molecule has 2 amide bonds. The average molecular weight is 298 g/mol. The summed E-state index contributed by atoms with van der Waals surface area (Å²) in [6.45, 7) is 3.47. The molecule has 2 saturated heterocycles. The second-order valence-electron chi connectivity index (χ2n) is 6.05. The minimum Gasteiger partial charge on any atom is -0.380 e. The quantitative estimate of drug-likeness (QED) is 0.676. The fourth-order valence-electron chi connectivity index (χ4n) is 3.02. The molecule has 2 atom stereocenters. The van der Waals surface area contributed by atoms with Gasteiger partial charge in [0.2, 0.25) is 11.8 Å². The molecule has 21 heavy (non-hydrogen) atoms. The summed E-state index contributed by atoms with van der Waals surface area (Å²) in [5.74, 6) is -0.0491. The first-order valence-electron chi connectivity index (χ1n) is 7.45. The Morgan fingerprint density at radius 3 is 2.90 bits per heavy atom. The number of nitrogens with zero attached hydrogens (tertiary/aromatic N) is 3. The van der Waals surface area contributed by atoms with Crippen molar-refractivity contribution in [2.24, 2.45) is 0 Å². The summed E-state index contributed by atoms with van der Waals surface area (Å²) in [7, 11) is 5.79. The van der Waals surface area contributed by atoms with E-state index in [4.69, 9.17) is 4.74 Å². The monoisotopic (exact) mass is 298 g/mol. The largest absolute Gasteiger partial charge is 0.380 e. The molecular weight excluding hydrogens is 272 g/mol. The zero-order valence-electron chi connectivity index (χ0n) is 13.2. The van der Waals surface area contributed by atoms with Crippen LogP contribution in [-0.4, -0.2) is 99.1 Å². The zero-order valence-corrected chi connectivity index (χ0v) is 13.2. The van der Waals surface area contributed by atoms with Crippen molar-refractivity contribution in [1.29, 1.82) is 0 Å². The van der Waals surface area contributed by atoms with E-state index in [0.29, 0.717) is 25.7 Å². The first kappa shape index (κ1) is 16.2. The number of likely N-dealkylation sites (tertiary alicyclic amines) is 1. The van der Waals surface area contributed by atoms with Gasteiger partial charge in [0.15, 0.2) is 0 Å². The third kappa shape index (κ3) is 4.39. The van der Waals surface area contributed by atoms with Crippen LogP contribution in [0.25, 0.3) is 0 Å². The zero-order chi connectivity index (χ0) is 15.4. The second-order valence-corrected chi connectivity index (χ2v) is 6.05. The Kier molecular flexibility index (Phi) is 5.55. The predicted molar refractivity (Wildman–Crippen MR) is 78.9 cm³/mol. The number of rotatable bonds is 5. The van der Waals surface area contributed by atoms with E-state index >= 15 is 0 Å². The summed E-state index contributed by atoms with van der Waals surface area (Å²) in [5.41, 5.74) is 0. The van der Waals surface area contributed by atoms with Gasteiger partial charge in [0.25, 0.3) is 0 Å². The summed E-state index contributed by atoms with van der Waals surface area (Å²) in [4.78, 5) is 29.5. The highest BCUT2D eigenvalue weighted by Gasteiger charge is 2.30. The van der Waals surface area contributed by atoms with Crippen LogP contribution < -0.4 is 5.32 Å². The molecule has 0 saturated carbocycles. The number of ether oxygens (including phenoxy) is 1. The molecule has 2 aliphatic rings. The molecular formula is C14H26N4O3. The van der Waals surface area contributed by atoms with Crippen molar-refractivity contribution >= 4 is 11.8 Å². The normalized spacial score (nSPS) is 27.2. The van der Waals surface area contributed by atoms with Crippen molar-refractivity contribution in [1.82, 2.24) is 20.0 Å². The Morgan fingerprint density at radius 2 is 2.29 bits per heavy atom. The van der Waals surface area contributed by atoms with Crippen LogP contribution in [0.1, 0.15) is 6.42 Å². The van der Waals surface area contributed by atoms with Crippen molar-refractivity contribution in [3.05, 3.63) is 0 Å². The van der Waals surface area contributed by atoms with Gasteiger partial charge in [-0.05, 0) is 20.5 Å². The van der Waals surface area contributed by atoms with Crippen LogP contribution in [0.5, 0.6) is 0 Å². The third-order valence-electron chi connectivity index (χ3n) is 4.30. The fourth-order valence-corrected chi connectivity index (χ4v) is 3.02. The van der Waals surface area contributed by atoms with Gasteiger partial charge in [-0.15, -0.1) is 0 Å². The van der Waals surface area contributed by atoms with Crippen LogP contribution in [0.4, 0.5) is 0 Å². The minimum absolute atomic E-state index is 0.0243. The number of nitrogens with one attached hydrogen (secondary N) is 1. The molecule has 0 unspecified atom stereocenters. The topological polar surface area (TPSA) is 65.1 Å². The van der Waals surface area contributed by atoms with Gasteiger partial charge in [-0.2, -0.15) is 0 Å². The van der Waals surface area contributed by atoms with Crippen LogP contribution in [0.3, 0.4) is 0 Å². The van der Waals surface area contributed by atoms with Gasteiger partial charge in [0, 0.05) is 39.3 Å². The highest BCUT2D eigenvalue weighted by atomic mass is 16.5. The molecule has 1 N–H and O–H groups in total. The SMILES string of the molecule is CO[C@H]1C[C@@H](CN(C)CC(=O)N2CCNC(=O)C2)N(C)C1. The Labute approximate surface area is 126 Å². The van der Waals surface area contributed by atoms with Crippen LogP contribution in [-0.2, 0) is 14.3 Å². The van der Waals surface area contributed by atoms with Gasteiger partial charge in [-0.1, -0.05) is 0 Å². The molecule has 0 spiro atoms. The molecule has 2 aliphatic heterocycles. The van der Waals surface area contributed by atoms with Gasteiger partial charge in [0.05, 0.1) is 19.2 Å². The summed E-state index contributed by atoms with van der Waals surface area (Å²) in [6, 6.07) is 0.414. The molecule has 2 rings (SSSR count). The predicted octanol–water partition coefficient (Wildman–Crippen LogP) is -1.40. The maximum atomic E-state index is 12.2. The summed E-state index contributed by atoms with van der Waals surface area (Å²) < 4.78 is 5.40. The number of carbonyl (C=O) groups excluding carboxylic acids is 2. The summed E-state index contributed by atoms with van der Waals surface area (Å²) in [5, 5.41) is 2.73. The minimum atomic E-state index is -0.0734. The van der Waals surface area contributed by atoms with Crippen LogP contribution >= 0.6 is 0 Å². The molecule has 120 valence electrons. The van der Waals surface area contributed by atoms with E-state index in [9.17, 15) is 9.59 Å². The Bertz CT molecular complexity index is 390. The average Bonchev–Trinajstić information content (AvgIpc) is 2.79. The molecule has 2 heterocycles. The number of amides is 2.